The summed E-state index contributed by atoms with van der Waals surface area (Å²) < 4.78 is 20.9. The Balaban J connectivity index is 1.61. The Morgan fingerprint density at radius 1 is 1.17 bits per heavy atom. The van der Waals surface area contributed by atoms with E-state index >= 15 is 4.39 Å². The number of halogens is 2. The second-order valence-electron chi connectivity index (χ2n) is 9.14. The molecule has 2 aliphatic rings. The molecule has 0 spiro atoms. The third-order valence-electron chi connectivity index (χ3n) is 5.72. The fraction of sp³-hybridized carbons (Fsp3) is 0.545. The maximum absolute atomic E-state index is 15.5. The summed E-state index contributed by atoms with van der Waals surface area (Å²) in [6.07, 6.45) is 2.10. The lowest BCUT2D eigenvalue weighted by atomic mass is 9.90. The fourth-order valence-corrected chi connectivity index (χ4v) is 4.33. The summed E-state index contributed by atoms with van der Waals surface area (Å²) in [5.41, 5.74) is 0.476. The third kappa shape index (κ3) is 4.00. The summed E-state index contributed by atoms with van der Waals surface area (Å²) in [4.78, 5) is 31.3. The Morgan fingerprint density at radius 3 is 2.50 bits per heavy atom. The molecule has 0 aliphatic carbocycles. The summed E-state index contributed by atoms with van der Waals surface area (Å²) in [7, 11) is 0. The lowest BCUT2D eigenvalue weighted by Gasteiger charge is -2.34. The molecule has 8 heteroatoms. The first kappa shape index (κ1) is 21.0. The average molecular weight is 436 g/mol. The molecule has 1 N–H and O–H groups in total. The first-order valence-corrected chi connectivity index (χ1v) is 10.8. The standard InChI is InChI=1S/C22H27ClFN3O3/c1-22(2,3)30-21(29)27-7-4-6-13(12-27)14-10-16(23)15-11-17(25-19(15)18(14)24)20(28)26-8-5-9-26/h10-11,13,25H,4-9,12H2,1-3H3/t13-/m0/s1. The molecule has 2 fully saturated rings. The van der Waals surface area contributed by atoms with Gasteiger partial charge in [0.1, 0.15) is 11.3 Å². The van der Waals surface area contributed by atoms with E-state index in [9.17, 15) is 9.59 Å². The molecular formula is C22H27ClFN3O3. The number of benzene rings is 1. The van der Waals surface area contributed by atoms with Crippen LogP contribution in [0.1, 0.15) is 62.0 Å². The van der Waals surface area contributed by atoms with Gasteiger partial charge in [0.25, 0.3) is 5.91 Å². The van der Waals surface area contributed by atoms with Crippen LogP contribution >= 0.6 is 11.6 Å². The average Bonchev–Trinajstić information content (AvgIpc) is 3.08. The van der Waals surface area contributed by atoms with Crippen LogP contribution in [0, 0.1) is 5.82 Å². The van der Waals surface area contributed by atoms with Crippen molar-refractivity contribution in [3.63, 3.8) is 0 Å². The van der Waals surface area contributed by atoms with Crippen molar-refractivity contribution in [2.75, 3.05) is 26.2 Å². The number of H-pyrrole nitrogens is 1. The SMILES string of the molecule is CC(C)(C)OC(=O)N1CCC[C@H](c2cc(Cl)c3cc(C(=O)N4CCC4)[nH]c3c2F)C1. The summed E-state index contributed by atoms with van der Waals surface area (Å²) in [6, 6.07) is 3.26. The van der Waals surface area contributed by atoms with Gasteiger partial charge in [0.05, 0.1) is 10.5 Å². The van der Waals surface area contributed by atoms with Crippen LogP contribution in [0.4, 0.5) is 9.18 Å². The molecule has 0 bridgehead atoms. The third-order valence-corrected chi connectivity index (χ3v) is 6.03. The summed E-state index contributed by atoms with van der Waals surface area (Å²) in [6.45, 7) is 7.86. The predicted octanol–water partition coefficient (Wildman–Crippen LogP) is 4.92. The second kappa shape index (κ2) is 7.76. The van der Waals surface area contributed by atoms with E-state index in [0.717, 1.165) is 32.4 Å². The van der Waals surface area contributed by atoms with E-state index in [4.69, 9.17) is 16.3 Å². The van der Waals surface area contributed by atoms with Gasteiger partial charge in [0.15, 0.2) is 5.82 Å². The number of aromatic nitrogens is 1. The molecule has 2 aromatic rings. The van der Waals surface area contributed by atoms with Gasteiger partial charge in [-0.2, -0.15) is 0 Å². The highest BCUT2D eigenvalue weighted by Crippen LogP contribution is 2.36. The Kier molecular flexibility index (Phi) is 5.43. The number of nitrogens with one attached hydrogen (secondary N) is 1. The molecule has 1 aromatic carbocycles. The van der Waals surface area contributed by atoms with Gasteiger partial charge < -0.3 is 19.5 Å². The maximum atomic E-state index is 15.5. The van der Waals surface area contributed by atoms with Crippen LogP contribution in [0.3, 0.4) is 0 Å². The van der Waals surface area contributed by atoms with Gasteiger partial charge in [0.2, 0.25) is 0 Å². The molecule has 2 saturated heterocycles. The number of amides is 2. The van der Waals surface area contributed by atoms with Gasteiger partial charge in [-0.15, -0.1) is 0 Å². The largest absolute Gasteiger partial charge is 0.444 e. The number of carbonyl (C=O) groups excluding carboxylic acids is 2. The minimum atomic E-state index is -0.582. The molecule has 2 aliphatic heterocycles. The van der Waals surface area contributed by atoms with Gasteiger partial charge >= 0.3 is 6.09 Å². The fourth-order valence-electron chi connectivity index (χ4n) is 4.06. The minimum absolute atomic E-state index is 0.136. The normalized spacial score (nSPS) is 19.7. The van der Waals surface area contributed by atoms with Crippen LogP contribution in [0.5, 0.6) is 0 Å². The van der Waals surface area contributed by atoms with Crippen molar-refractivity contribution in [2.24, 2.45) is 0 Å². The zero-order valence-electron chi connectivity index (χ0n) is 17.6. The molecule has 2 amide bonds. The smallest absolute Gasteiger partial charge is 0.410 e. The van der Waals surface area contributed by atoms with E-state index in [1.807, 2.05) is 20.8 Å². The highest BCUT2D eigenvalue weighted by atomic mass is 35.5. The van der Waals surface area contributed by atoms with Crippen molar-refractivity contribution < 1.29 is 18.7 Å². The molecule has 0 unspecified atom stereocenters. The number of rotatable bonds is 2. The Hall–Kier alpha value is -2.28. The topological polar surface area (TPSA) is 65.6 Å². The number of aromatic amines is 1. The lowest BCUT2D eigenvalue weighted by molar-refractivity contribution is 0.0197. The molecule has 0 saturated carbocycles. The number of piperidine rings is 1. The van der Waals surface area contributed by atoms with Crippen molar-refractivity contribution in [1.82, 2.24) is 14.8 Å². The van der Waals surface area contributed by atoms with Crippen molar-refractivity contribution >= 4 is 34.5 Å². The minimum Gasteiger partial charge on any atom is -0.444 e. The number of ether oxygens (including phenoxy) is 1. The highest BCUT2D eigenvalue weighted by molar-refractivity contribution is 6.35. The first-order chi connectivity index (χ1) is 14.1. The Bertz CT molecular complexity index is 994. The number of likely N-dealkylation sites (tertiary alicyclic amines) is 2. The van der Waals surface area contributed by atoms with Gasteiger partial charge in [-0.1, -0.05) is 11.6 Å². The van der Waals surface area contributed by atoms with Gasteiger partial charge in [0, 0.05) is 37.5 Å². The molecule has 162 valence electrons. The highest BCUT2D eigenvalue weighted by Gasteiger charge is 2.31. The number of carbonyl (C=O) groups is 2. The van der Waals surface area contributed by atoms with Crippen LogP contribution in [0.2, 0.25) is 5.02 Å². The van der Waals surface area contributed by atoms with Crippen LogP contribution in [-0.2, 0) is 4.74 Å². The molecule has 4 rings (SSSR count). The Labute approximate surface area is 180 Å². The van der Waals surface area contributed by atoms with Crippen molar-refractivity contribution in [2.45, 2.75) is 51.6 Å². The van der Waals surface area contributed by atoms with E-state index in [2.05, 4.69) is 4.98 Å². The summed E-state index contributed by atoms with van der Waals surface area (Å²) in [5.74, 6) is -0.734. The van der Waals surface area contributed by atoms with E-state index in [1.54, 1.807) is 21.9 Å². The van der Waals surface area contributed by atoms with Crippen molar-refractivity contribution in [1.29, 1.82) is 0 Å². The summed E-state index contributed by atoms with van der Waals surface area (Å²) >= 11 is 6.47. The summed E-state index contributed by atoms with van der Waals surface area (Å²) in [5, 5.41) is 0.899. The van der Waals surface area contributed by atoms with Crippen LogP contribution in [0.25, 0.3) is 10.9 Å². The van der Waals surface area contributed by atoms with Gasteiger partial charge in [-0.3, -0.25) is 4.79 Å². The van der Waals surface area contributed by atoms with Gasteiger partial charge in [-0.25, -0.2) is 9.18 Å². The van der Waals surface area contributed by atoms with E-state index in [1.165, 1.54) is 0 Å². The van der Waals surface area contributed by atoms with Crippen LogP contribution in [0.15, 0.2) is 12.1 Å². The molecule has 30 heavy (non-hydrogen) atoms. The molecule has 0 radical (unpaired) electrons. The van der Waals surface area contributed by atoms with Crippen LogP contribution < -0.4 is 0 Å². The van der Waals surface area contributed by atoms with E-state index in [0.29, 0.717) is 34.8 Å². The lowest BCUT2D eigenvalue weighted by Crippen LogP contribution is -2.42. The van der Waals surface area contributed by atoms with Crippen molar-refractivity contribution in [3.05, 3.63) is 34.2 Å². The zero-order chi connectivity index (χ0) is 21.6. The molecular weight excluding hydrogens is 409 g/mol. The predicted molar refractivity (Wildman–Crippen MR) is 114 cm³/mol. The monoisotopic (exact) mass is 435 g/mol. The number of fused-ring (bicyclic) bond motifs is 1. The van der Waals surface area contributed by atoms with Gasteiger partial charge in [-0.05, 0) is 57.7 Å². The zero-order valence-corrected chi connectivity index (χ0v) is 18.3. The van der Waals surface area contributed by atoms with Crippen molar-refractivity contribution in [3.8, 4) is 0 Å². The number of hydrogen-bond acceptors (Lipinski definition) is 3. The first-order valence-electron chi connectivity index (χ1n) is 10.4. The molecule has 6 nitrogen and oxygen atoms in total. The molecule has 3 heterocycles. The van der Waals surface area contributed by atoms with E-state index < -0.39 is 11.4 Å². The van der Waals surface area contributed by atoms with E-state index in [-0.39, 0.29) is 23.4 Å². The Morgan fingerprint density at radius 2 is 1.87 bits per heavy atom. The number of nitrogens with zero attached hydrogens (tertiary/aromatic N) is 2. The molecule has 1 aromatic heterocycles. The number of hydrogen-bond donors (Lipinski definition) is 1. The molecule has 1 atom stereocenters. The quantitative estimate of drug-likeness (QED) is 0.728. The van der Waals surface area contributed by atoms with Crippen LogP contribution in [-0.4, -0.2) is 58.6 Å². The maximum Gasteiger partial charge on any atom is 0.410 e. The second-order valence-corrected chi connectivity index (χ2v) is 9.55.